The minimum Gasteiger partial charge on any atom is -0.497 e. The maximum absolute atomic E-state index is 13.7. The highest BCUT2D eigenvalue weighted by molar-refractivity contribution is 7.22. The zero-order valence-corrected chi connectivity index (χ0v) is 15.6. The topological polar surface area (TPSA) is 57.7 Å². The van der Waals surface area contributed by atoms with E-state index in [0.29, 0.717) is 26.2 Å². The first-order chi connectivity index (χ1) is 13.1. The van der Waals surface area contributed by atoms with Crippen LogP contribution in [0.15, 0.2) is 42.5 Å². The van der Waals surface area contributed by atoms with E-state index < -0.39 is 5.82 Å². The lowest BCUT2D eigenvalue weighted by molar-refractivity contribution is 0.208. The number of urea groups is 1. The standard InChI is InChI=1S/C19H19FN4O2S/c1-26-13-6-7-16-17(12-13)27-19(22-16)24-10-8-23(9-11-24)18(25)21-15-5-3-2-4-14(15)20/h2-7,12H,8-11H2,1H3,(H,21,25). The highest BCUT2D eigenvalue weighted by Gasteiger charge is 2.23. The van der Waals surface area contributed by atoms with Crippen LogP contribution in [0.2, 0.25) is 0 Å². The highest BCUT2D eigenvalue weighted by Crippen LogP contribution is 2.31. The van der Waals surface area contributed by atoms with Gasteiger partial charge in [-0.2, -0.15) is 0 Å². The molecule has 0 unspecified atom stereocenters. The van der Waals surface area contributed by atoms with E-state index in [9.17, 15) is 9.18 Å². The predicted octanol–water partition coefficient (Wildman–Crippen LogP) is 3.80. The van der Waals surface area contributed by atoms with Crippen LogP contribution in [-0.4, -0.2) is 49.2 Å². The first-order valence-corrected chi connectivity index (χ1v) is 9.45. The summed E-state index contributed by atoms with van der Waals surface area (Å²) in [6, 6.07) is 11.7. The van der Waals surface area contributed by atoms with Gasteiger partial charge in [0, 0.05) is 26.2 Å². The number of thiazole rings is 1. The summed E-state index contributed by atoms with van der Waals surface area (Å²) in [5.41, 5.74) is 1.14. The molecule has 0 aliphatic carbocycles. The number of rotatable bonds is 3. The summed E-state index contributed by atoms with van der Waals surface area (Å²) in [6.07, 6.45) is 0. The number of nitrogens with one attached hydrogen (secondary N) is 1. The number of carbonyl (C=O) groups excluding carboxylic acids is 1. The molecule has 3 aromatic rings. The number of halogens is 1. The summed E-state index contributed by atoms with van der Waals surface area (Å²) in [7, 11) is 1.65. The van der Waals surface area contributed by atoms with Gasteiger partial charge in [0.1, 0.15) is 11.6 Å². The van der Waals surface area contributed by atoms with Crippen LogP contribution in [0.3, 0.4) is 0 Å². The Morgan fingerprint density at radius 3 is 2.70 bits per heavy atom. The van der Waals surface area contributed by atoms with Crippen LogP contribution in [0.5, 0.6) is 5.75 Å². The molecule has 1 fully saturated rings. The molecule has 2 amide bonds. The molecule has 140 valence electrons. The fourth-order valence-electron chi connectivity index (χ4n) is 3.01. The summed E-state index contributed by atoms with van der Waals surface area (Å²) in [6.45, 7) is 2.47. The first kappa shape index (κ1) is 17.5. The number of piperazine rings is 1. The second-order valence-electron chi connectivity index (χ2n) is 6.21. The van der Waals surface area contributed by atoms with Gasteiger partial charge in [0.2, 0.25) is 0 Å². The lowest BCUT2D eigenvalue weighted by Crippen LogP contribution is -2.50. The number of ether oxygens (including phenoxy) is 1. The molecule has 1 N–H and O–H groups in total. The molecule has 0 bridgehead atoms. The molecule has 6 nitrogen and oxygen atoms in total. The van der Waals surface area contributed by atoms with Crippen molar-refractivity contribution in [3.63, 3.8) is 0 Å². The fraction of sp³-hybridized carbons (Fsp3) is 0.263. The molecule has 1 aliphatic heterocycles. The van der Waals surface area contributed by atoms with E-state index in [1.807, 2.05) is 18.2 Å². The number of aromatic nitrogens is 1. The number of benzene rings is 2. The van der Waals surface area contributed by atoms with Crippen LogP contribution >= 0.6 is 11.3 Å². The van der Waals surface area contributed by atoms with Crippen LogP contribution in [-0.2, 0) is 0 Å². The maximum Gasteiger partial charge on any atom is 0.322 e. The largest absolute Gasteiger partial charge is 0.497 e. The average molecular weight is 386 g/mol. The number of anilines is 2. The predicted molar refractivity (Wildman–Crippen MR) is 105 cm³/mol. The third-order valence-electron chi connectivity index (χ3n) is 4.54. The van der Waals surface area contributed by atoms with Crippen molar-refractivity contribution in [3.05, 3.63) is 48.3 Å². The summed E-state index contributed by atoms with van der Waals surface area (Å²) in [4.78, 5) is 20.9. The third-order valence-corrected chi connectivity index (χ3v) is 5.62. The molecule has 2 aromatic carbocycles. The van der Waals surface area contributed by atoms with Gasteiger partial charge >= 0.3 is 6.03 Å². The van der Waals surface area contributed by atoms with Crippen LogP contribution in [0.4, 0.5) is 20.0 Å². The lowest BCUT2D eigenvalue weighted by atomic mass is 10.3. The van der Waals surface area contributed by atoms with E-state index in [0.717, 1.165) is 21.1 Å². The smallest absolute Gasteiger partial charge is 0.322 e. The first-order valence-electron chi connectivity index (χ1n) is 8.64. The Balaban J connectivity index is 1.40. The van der Waals surface area contributed by atoms with Gasteiger partial charge in [-0.05, 0) is 30.3 Å². The Bertz CT molecular complexity index is 969. The van der Waals surface area contributed by atoms with Crippen LogP contribution in [0.1, 0.15) is 0 Å². The summed E-state index contributed by atoms with van der Waals surface area (Å²) in [5, 5.41) is 3.57. The molecule has 2 heterocycles. The van der Waals surface area contributed by atoms with Crippen LogP contribution in [0.25, 0.3) is 10.2 Å². The van der Waals surface area contributed by atoms with Crippen molar-refractivity contribution in [2.45, 2.75) is 0 Å². The van der Waals surface area contributed by atoms with Crippen molar-refractivity contribution in [2.75, 3.05) is 43.5 Å². The van der Waals surface area contributed by atoms with Crippen molar-refractivity contribution < 1.29 is 13.9 Å². The molecule has 1 aliphatic rings. The number of para-hydroxylation sites is 1. The van der Waals surface area contributed by atoms with Crippen molar-refractivity contribution in [1.29, 1.82) is 0 Å². The second-order valence-corrected chi connectivity index (χ2v) is 7.22. The zero-order chi connectivity index (χ0) is 18.8. The van der Waals surface area contributed by atoms with Gasteiger partial charge in [0.25, 0.3) is 0 Å². The highest BCUT2D eigenvalue weighted by atomic mass is 32.1. The van der Waals surface area contributed by atoms with Gasteiger partial charge in [-0.1, -0.05) is 23.5 Å². The number of methoxy groups -OCH3 is 1. The average Bonchev–Trinajstić information content (AvgIpc) is 3.13. The van der Waals surface area contributed by atoms with E-state index in [-0.39, 0.29) is 11.7 Å². The molecule has 0 atom stereocenters. The van der Waals surface area contributed by atoms with Gasteiger partial charge in [-0.15, -0.1) is 0 Å². The second kappa shape index (κ2) is 7.40. The minimum atomic E-state index is -0.436. The molecule has 8 heteroatoms. The summed E-state index contributed by atoms with van der Waals surface area (Å²) >= 11 is 1.61. The molecule has 4 rings (SSSR count). The van der Waals surface area contributed by atoms with E-state index in [1.165, 1.54) is 6.07 Å². The van der Waals surface area contributed by atoms with Crippen molar-refractivity contribution in [2.24, 2.45) is 0 Å². The number of hydrogen-bond donors (Lipinski definition) is 1. The molecule has 1 saturated heterocycles. The van der Waals surface area contributed by atoms with Crippen molar-refractivity contribution in [3.8, 4) is 5.75 Å². The van der Waals surface area contributed by atoms with Crippen molar-refractivity contribution >= 4 is 38.4 Å². The van der Waals surface area contributed by atoms with Gasteiger partial charge in [-0.3, -0.25) is 0 Å². The Labute approximate surface area is 160 Å². The minimum absolute atomic E-state index is 0.199. The lowest BCUT2D eigenvalue weighted by Gasteiger charge is -2.34. The Morgan fingerprint density at radius 2 is 1.96 bits per heavy atom. The summed E-state index contributed by atoms with van der Waals surface area (Å²) in [5.74, 6) is 0.377. The van der Waals surface area contributed by atoms with E-state index >= 15 is 0 Å². The van der Waals surface area contributed by atoms with Gasteiger partial charge in [0.15, 0.2) is 5.13 Å². The monoisotopic (exact) mass is 386 g/mol. The number of amides is 2. The van der Waals surface area contributed by atoms with Crippen LogP contribution in [0, 0.1) is 5.82 Å². The molecular formula is C19H19FN4O2S. The summed E-state index contributed by atoms with van der Waals surface area (Å²) < 4.78 is 20.0. The number of hydrogen-bond acceptors (Lipinski definition) is 5. The molecule has 0 radical (unpaired) electrons. The van der Waals surface area contributed by atoms with Gasteiger partial charge < -0.3 is 19.9 Å². The number of nitrogens with zero attached hydrogens (tertiary/aromatic N) is 3. The van der Waals surface area contributed by atoms with E-state index in [4.69, 9.17) is 4.74 Å². The van der Waals surface area contributed by atoms with E-state index in [1.54, 1.807) is 41.5 Å². The normalized spacial score (nSPS) is 14.4. The number of fused-ring (bicyclic) bond motifs is 1. The fourth-order valence-corrected chi connectivity index (χ4v) is 4.06. The van der Waals surface area contributed by atoms with Gasteiger partial charge in [0.05, 0.1) is 23.0 Å². The van der Waals surface area contributed by atoms with Crippen LogP contribution < -0.4 is 15.0 Å². The number of carbonyl (C=O) groups is 1. The quantitative estimate of drug-likeness (QED) is 0.744. The molecule has 27 heavy (non-hydrogen) atoms. The Morgan fingerprint density at radius 1 is 1.19 bits per heavy atom. The SMILES string of the molecule is COc1ccc2nc(N3CCN(C(=O)Nc4ccccc4F)CC3)sc2c1. The Hall–Kier alpha value is -2.87. The third kappa shape index (κ3) is 3.66. The molecular weight excluding hydrogens is 367 g/mol. The maximum atomic E-state index is 13.7. The van der Waals surface area contributed by atoms with E-state index in [2.05, 4.69) is 15.2 Å². The van der Waals surface area contributed by atoms with Crippen molar-refractivity contribution in [1.82, 2.24) is 9.88 Å². The molecule has 0 saturated carbocycles. The molecule has 1 aromatic heterocycles. The zero-order valence-electron chi connectivity index (χ0n) is 14.8. The Kier molecular flexibility index (Phi) is 4.81. The molecule has 0 spiro atoms. The van der Waals surface area contributed by atoms with Gasteiger partial charge in [-0.25, -0.2) is 14.2 Å².